The Morgan fingerprint density at radius 3 is 1.94 bits per heavy atom. The Morgan fingerprint density at radius 1 is 0.735 bits per heavy atom. The number of sulfonamides is 1. The van der Waals surface area contributed by atoms with E-state index in [1.54, 1.807) is 42.5 Å². The first-order chi connectivity index (χ1) is 23.8. The normalized spacial score (nSPS) is 11.7. The minimum Gasteiger partial charge on any atom is -0.457 e. The van der Waals surface area contributed by atoms with Gasteiger partial charge in [-0.25, -0.2) is 8.42 Å². The van der Waals surface area contributed by atoms with Crippen molar-refractivity contribution in [3.8, 4) is 11.5 Å². The van der Waals surface area contributed by atoms with Crippen molar-refractivity contribution in [3.05, 3.63) is 156 Å². The first-order valence-corrected chi connectivity index (χ1v) is 17.8. The molecular formula is C40H41N3O5S. The van der Waals surface area contributed by atoms with E-state index in [-0.39, 0.29) is 29.5 Å². The summed E-state index contributed by atoms with van der Waals surface area (Å²) in [6, 6.07) is 40.1. The van der Waals surface area contributed by atoms with Gasteiger partial charge in [-0.1, -0.05) is 97.9 Å². The summed E-state index contributed by atoms with van der Waals surface area (Å²) in [5.74, 6) is 0.333. The smallest absolute Gasteiger partial charge is 0.264 e. The molecule has 0 aliphatic heterocycles. The van der Waals surface area contributed by atoms with E-state index in [4.69, 9.17) is 4.74 Å². The number of aryl methyl sites for hydroxylation is 1. The molecule has 0 unspecified atom stereocenters. The van der Waals surface area contributed by atoms with Crippen molar-refractivity contribution in [2.24, 2.45) is 0 Å². The lowest BCUT2D eigenvalue weighted by molar-refractivity contribution is -0.140. The van der Waals surface area contributed by atoms with Crippen LogP contribution in [0.2, 0.25) is 0 Å². The van der Waals surface area contributed by atoms with Crippen LogP contribution in [-0.2, 0) is 32.6 Å². The zero-order valence-corrected chi connectivity index (χ0v) is 28.6. The van der Waals surface area contributed by atoms with Gasteiger partial charge in [0.15, 0.2) is 0 Å². The van der Waals surface area contributed by atoms with E-state index in [0.717, 1.165) is 27.4 Å². The van der Waals surface area contributed by atoms with Gasteiger partial charge in [0.25, 0.3) is 10.0 Å². The molecule has 0 aromatic heterocycles. The van der Waals surface area contributed by atoms with Crippen molar-refractivity contribution in [1.29, 1.82) is 0 Å². The minimum absolute atomic E-state index is 0.0411. The fourth-order valence-electron chi connectivity index (χ4n) is 5.44. The van der Waals surface area contributed by atoms with Gasteiger partial charge in [0.2, 0.25) is 11.8 Å². The monoisotopic (exact) mass is 675 g/mol. The largest absolute Gasteiger partial charge is 0.457 e. The molecule has 0 bridgehead atoms. The third-order valence-electron chi connectivity index (χ3n) is 8.14. The zero-order chi connectivity index (χ0) is 34.6. The van der Waals surface area contributed by atoms with Gasteiger partial charge in [0.1, 0.15) is 24.1 Å². The second-order valence-electron chi connectivity index (χ2n) is 11.7. The number of carbonyl (C=O) groups is 2. The summed E-state index contributed by atoms with van der Waals surface area (Å²) in [7, 11) is -4.21. The number of hydrogen-bond donors (Lipinski definition) is 1. The summed E-state index contributed by atoms with van der Waals surface area (Å²) in [4.78, 5) is 30.0. The first-order valence-electron chi connectivity index (χ1n) is 16.3. The predicted octanol–water partition coefficient (Wildman–Crippen LogP) is 7.15. The Labute approximate surface area is 289 Å². The quantitative estimate of drug-likeness (QED) is 0.127. The average molecular weight is 676 g/mol. The first kappa shape index (κ1) is 34.9. The van der Waals surface area contributed by atoms with Crippen molar-refractivity contribution >= 4 is 27.5 Å². The number of anilines is 1. The number of para-hydroxylation sites is 1. The van der Waals surface area contributed by atoms with E-state index in [9.17, 15) is 18.0 Å². The number of ether oxygens (including phenoxy) is 1. The Balaban J connectivity index is 1.55. The van der Waals surface area contributed by atoms with Crippen LogP contribution in [-0.4, -0.2) is 44.3 Å². The number of amides is 2. The predicted molar refractivity (Wildman–Crippen MR) is 193 cm³/mol. The molecule has 9 heteroatoms. The number of benzene rings is 5. The van der Waals surface area contributed by atoms with Gasteiger partial charge in [-0.3, -0.25) is 13.9 Å². The molecule has 0 saturated heterocycles. The summed E-state index contributed by atoms with van der Waals surface area (Å²) in [5, 5.41) is 2.98. The molecule has 2 amide bonds. The van der Waals surface area contributed by atoms with Crippen LogP contribution in [0.15, 0.2) is 144 Å². The lowest BCUT2D eigenvalue weighted by Crippen LogP contribution is -2.53. The lowest BCUT2D eigenvalue weighted by Gasteiger charge is -2.34. The molecular weight excluding hydrogens is 635 g/mol. The van der Waals surface area contributed by atoms with Crippen LogP contribution in [0.4, 0.5) is 5.69 Å². The Hall–Kier alpha value is -5.41. The fraction of sp³-hybridized carbons (Fsp3) is 0.200. The second kappa shape index (κ2) is 16.6. The molecule has 5 aromatic carbocycles. The molecule has 5 rings (SSSR count). The molecule has 0 aliphatic rings. The SMILES string of the molecule is CCCNC(=O)[C@H](Cc1ccccc1)N(Cc1ccccc1C)C(=O)CN(c1ccc(Oc2ccccc2)cc1)S(=O)(=O)c1ccccc1. The molecule has 0 fully saturated rings. The molecule has 0 spiro atoms. The van der Waals surface area contributed by atoms with Gasteiger partial charge in [-0.05, 0) is 78.6 Å². The second-order valence-corrected chi connectivity index (χ2v) is 13.5. The molecule has 1 atom stereocenters. The Morgan fingerprint density at radius 2 is 1.31 bits per heavy atom. The van der Waals surface area contributed by atoms with E-state index in [0.29, 0.717) is 18.0 Å². The molecule has 5 aromatic rings. The van der Waals surface area contributed by atoms with Crippen molar-refractivity contribution in [2.45, 2.75) is 44.2 Å². The lowest BCUT2D eigenvalue weighted by atomic mass is 10.0. The van der Waals surface area contributed by atoms with Gasteiger partial charge >= 0.3 is 0 Å². The van der Waals surface area contributed by atoms with Crippen molar-refractivity contribution in [1.82, 2.24) is 10.2 Å². The van der Waals surface area contributed by atoms with Gasteiger partial charge in [-0.2, -0.15) is 0 Å². The number of carbonyl (C=O) groups excluding carboxylic acids is 2. The molecule has 1 N–H and O–H groups in total. The van der Waals surface area contributed by atoms with Crippen molar-refractivity contribution < 1.29 is 22.7 Å². The van der Waals surface area contributed by atoms with Gasteiger partial charge in [-0.15, -0.1) is 0 Å². The highest BCUT2D eigenvalue weighted by molar-refractivity contribution is 7.92. The molecule has 0 aliphatic carbocycles. The highest BCUT2D eigenvalue weighted by Gasteiger charge is 2.34. The number of hydrogen-bond acceptors (Lipinski definition) is 5. The van der Waals surface area contributed by atoms with E-state index in [1.165, 1.54) is 17.0 Å². The molecule has 0 saturated carbocycles. The highest BCUT2D eigenvalue weighted by atomic mass is 32.2. The van der Waals surface area contributed by atoms with E-state index in [2.05, 4.69) is 5.32 Å². The van der Waals surface area contributed by atoms with Crippen LogP contribution < -0.4 is 14.4 Å². The topological polar surface area (TPSA) is 96.0 Å². The summed E-state index contributed by atoms with van der Waals surface area (Å²) in [6.07, 6.45) is 0.980. The van der Waals surface area contributed by atoms with Gasteiger partial charge in [0.05, 0.1) is 10.6 Å². The molecule has 49 heavy (non-hydrogen) atoms. The maximum absolute atomic E-state index is 14.7. The molecule has 0 radical (unpaired) electrons. The summed E-state index contributed by atoms with van der Waals surface area (Å²) in [6.45, 7) is 3.94. The van der Waals surface area contributed by atoms with E-state index in [1.807, 2.05) is 98.8 Å². The van der Waals surface area contributed by atoms with Gasteiger partial charge in [0, 0.05) is 19.5 Å². The van der Waals surface area contributed by atoms with Crippen LogP contribution in [0.25, 0.3) is 0 Å². The van der Waals surface area contributed by atoms with Crippen molar-refractivity contribution in [3.63, 3.8) is 0 Å². The minimum atomic E-state index is -4.21. The average Bonchev–Trinajstić information content (AvgIpc) is 3.13. The Bertz CT molecular complexity index is 1920. The molecule has 252 valence electrons. The number of nitrogens with zero attached hydrogens (tertiary/aromatic N) is 2. The number of rotatable bonds is 15. The molecule has 8 nitrogen and oxygen atoms in total. The molecule has 0 heterocycles. The Kier molecular flexibility index (Phi) is 11.8. The summed E-state index contributed by atoms with van der Waals surface area (Å²) < 4.78 is 35.6. The zero-order valence-electron chi connectivity index (χ0n) is 27.7. The van der Waals surface area contributed by atoms with Crippen LogP contribution in [0.3, 0.4) is 0 Å². The maximum Gasteiger partial charge on any atom is 0.264 e. The standard InChI is InChI=1S/C40H41N3O5S/c1-3-27-41-40(45)38(28-32-16-7-4-8-17-32)42(29-33-18-14-13-15-31(33)2)39(44)30-43(49(46,47)37-21-11-6-12-22-37)34-23-25-36(26-24-34)48-35-19-9-5-10-20-35/h4-26,38H,3,27-30H2,1-2H3,(H,41,45)/t38-/m0/s1. The third-order valence-corrected chi connectivity index (χ3v) is 9.92. The van der Waals surface area contributed by atoms with E-state index >= 15 is 0 Å². The summed E-state index contributed by atoms with van der Waals surface area (Å²) >= 11 is 0. The third kappa shape index (κ3) is 9.15. The van der Waals surface area contributed by atoms with Crippen LogP contribution in [0, 0.1) is 6.92 Å². The van der Waals surface area contributed by atoms with Gasteiger partial charge < -0.3 is 15.0 Å². The maximum atomic E-state index is 14.7. The van der Waals surface area contributed by atoms with E-state index < -0.39 is 28.5 Å². The number of nitrogens with one attached hydrogen (secondary N) is 1. The fourth-order valence-corrected chi connectivity index (χ4v) is 6.88. The van der Waals surface area contributed by atoms with Crippen LogP contribution in [0.5, 0.6) is 11.5 Å². The summed E-state index contributed by atoms with van der Waals surface area (Å²) in [5.41, 5.74) is 2.97. The van der Waals surface area contributed by atoms with Crippen LogP contribution >= 0.6 is 0 Å². The van der Waals surface area contributed by atoms with Crippen LogP contribution in [0.1, 0.15) is 30.0 Å². The highest BCUT2D eigenvalue weighted by Crippen LogP contribution is 2.29. The van der Waals surface area contributed by atoms with Crippen molar-refractivity contribution in [2.75, 3.05) is 17.4 Å².